The molecule has 11 nitrogen and oxygen atoms in total. The number of aromatic nitrogens is 3. The Bertz CT molecular complexity index is 1620. The molecule has 2 aromatic heterocycles. The second-order valence-electron chi connectivity index (χ2n) is 10.9. The Kier molecular flexibility index (Phi) is 9.80. The van der Waals surface area contributed by atoms with Crippen LogP contribution in [0.3, 0.4) is 0 Å². The Balaban J connectivity index is 1.49. The van der Waals surface area contributed by atoms with E-state index in [0.717, 1.165) is 11.4 Å². The first-order valence-electron chi connectivity index (χ1n) is 13.2. The third kappa shape index (κ3) is 8.16. The van der Waals surface area contributed by atoms with Crippen LogP contribution >= 0.6 is 23.2 Å². The number of pyridine rings is 1. The van der Waals surface area contributed by atoms with E-state index >= 15 is 0 Å². The van der Waals surface area contributed by atoms with Gasteiger partial charge in [0, 0.05) is 23.7 Å². The molecule has 0 atom stereocenters. The van der Waals surface area contributed by atoms with Crippen LogP contribution in [-0.4, -0.2) is 59.4 Å². The zero-order valence-corrected chi connectivity index (χ0v) is 26.2. The lowest BCUT2D eigenvalue weighted by molar-refractivity contribution is -0.116. The summed E-state index contributed by atoms with van der Waals surface area (Å²) in [5.74, 6) is 1.90. The van der Waals surface area contributed by atoms with Crippen molar-refractivity contribution in [2.75, 3.05) is 43.7 Å². The molecule has 0 aliphatic heterocycles. The molecule has 0 aliphatic carbocycles. The van der Waals surface area contributed by atoms with E-state index in [4.69, 9.17) is 37.8 Å². The molecular formula is C30H33Cl2N7O4. The van der Waals surface area contributed by atoms with Crippen molar-refractivity contribution in [3.05, 3.63) is 76.5 Å². The topological polar surface area (TPSA) is 123 Å². The van der Waals surface area contributed by atoms with Crippen LogP contribution in [0.5, 0.6) is 17.2 Å². The zero-order chi connectivity index (χ0) is 31.3. The lowest BCUT2D eigenvalue weighted by atomic mass is 9.92. The van der Waals surface area contributed by atoms with Crippen LogP contribution < -0.4 is 25.4 Å². The monoisotopic (exact) mass is 625 g/mol. The summed E-state index contributed by atoms with van der Waals surface area (Å²) >= 11 is 13.0. The van der Waals surface area contributed by atoms with E-state index in [1.807, 2.05) is 51.1 Å². The van der Waals surface area contributed by atoms with Crippen LogP contribution in [0.1, 0.15) is 26.5 Å². The van der Waals surface area contributed by atoms with Gasteiger partial charge in [-0.25, -0.2) is 14.5 Å². The van der Waals surface area contributed by atoms with Gasteiger partial charge in [0.2, 0.25) is 5.91 Å². The third-order valence-corrected chi connectivity index (χ3v) is 6.88. The number of halogens is 2. The molecule has 226 valence electrons. The standard InChI is InChI=1S/C30H33Cl2N7O4/c1-30(2,3)23-16-25(39(37-23)18-7-9-19(42-6)10-8-18)36-29(41)34-21-11-12-22(28(32)27(21)31)43-20-13-14-33-24(15-20)35-26(40)17-38(4)5/h7-16H,17H2,1-6H3,(H,33,35,40)(H2,34,36,41). The summed E-state index contributed by atoms with van der Waals surface area (Å²) in [6.07, 6.45) is 1.50. The SMILES string of the molecule is COc1ccc(-n2nc(C(C)(C)C)cc2NC(=O)Nc2ccc(Oc3ccnc(NC(=O)CN(C)C)c3)c(Cl)c2Cl)cc1. The quantitative estimate of drug-likeness (QED) is 0.186. The molecular weight excluding hydrogens is 593 g/mol. The fraction of sp³-hybridized carbons (Fsp3) is 0.267. The number of carbonyl (C=O) groups is 2. The summed E-state index contributed by atoms with van der Waals surface area (Å²) in [6.45, 7) is 6.32. The van der Waals surface area contributed by atoms with E-state index in [0.29, 0.717) is 23.1 Å². The van der Waals surface area contributed by atoms with Gasteiger partial charge in [0.25, 0.3) is 0 Å². The van der Waals surface area contributed by atoms with Crippen LogP contribution in [0, 0.1) is 0 Å². The molecule has 0 spiro atoms. The summed E-state index contributed by atoms with van der Waals surface area (Å²) in [5, 5.41) is 13.2. The van der Waals surface area contributed by atoms with Crippen LogP contribution in [0.15, 0.2) is 60.8 Å². The van der Waals surface area contributed by atoms with Crippen molar-refractivity contribution in [2.45, 2.75) is 26.2 Å². The zero-order valence-electron chi connectivity index (χ0n) is 24.7. The van der Waals surface area contributed by atoms with Crippen LogP contribution in [0.2, 0.25) is 10.0 Å². The number of likely N-dealkylation sites (N-methyl/N-ethyl adjacent to an activating group) is 1. The Hall–Kier alpha value is -4.32. The minimum atomic E-state index is -0.547. The maximum absolute atomic E-state index is 13.1. The van der Waals surface area contributed by atoms with Crippen molar-refractivity contribution in [2.24, 2.45) is 0 Å². The lowest BCUT2D eigenvalue weighted by Crippen LogP contribution is -2.27. The van der Waals surface area contributed by atoms with Crippen molar-refractivity contribution in [1.29, 1.82) is 0 Å². The number of hydrogen-bond acceptors (Lipinski definition) is 7. The maximum atomic E-state index is 13.1. The van der Waals surface area contributed by atoms with E-state index in [2.05, 4.69) is 20.9 Å². The molecule has 0 saturated carbocycles. The molecule has 3 amide bonds. The first kappa shape index (κ1) is 31.6. The minimum absolute atomic E-state index is 0.0851. The highest BCUT2D eigenvalue weighted by molar-refractivity contribution is 6.45. The van der Waals surface area contributed by atoms with E-state index in [1.54, 1.807) is 55.1 Å². The fourth-order valence-corrected chi connectivity index (χ4v) is 4.28. The second-order valence-corrected chi connectivity index (χ2v) is 11.6. The van der Waals surface area contributed by atoms with Crippen molar-refractivity contribution < 1.29 is 19.1 Å². The van der Waals surface area contributed by atoms with Crippen LogP contribution in [0.4, 0.5) is 22.1 Å². The van der Waals surface area contributed by atoms with E-state index in [1.165, 1.54) is 6.20 Å². The number of benzene rings is 2. The maximum Gasteiger partial charge on any atom is 0.324 e. The highest BCUT2D eigenvalue weighted by Crippen LogP contribution is 2.40. The largest absolute Gasteiger partial charge is 0.497 e. The summed E-state index contributed by atoms with van der Waals surface area (Å²) in [5.41, 5.74) is 1.54. The number of hydrogen-bond donors (Lipinski definition) is 3. The van der Waals surface area contributed by atoms with Gasteiger partial charge in [-0.1, -0.05) is 44.0 Å². The van der Waals surface area contributed by atoms with E-state index < -0.39 is 6.03 Å². The predicted octanol–water partition coefficient (Wildman–Crippen LogP) is 6.82. The molecule has 43 heavy (non-hydrogen) atoms. The van der Waals surface area contributed by atoms with Gasteiger partial charge in [-0.2, -0.15) is 5.10 Å². The first-order valence-corrected chi connectivity index (χ1v) is 14.0. The summed E-state index contributed by atoms with van der Waals surface area (Å²) in [4.78, 5) is 31.1. The lowest BCUT2D eigenvalue weighted by Gasteiger charge is -2.14. The Morgan fingerprint density at radius 3 is 2.30 bits per heavy atom. The molecule has 0 unspecified atom stereocenters. The van der Waals surface area contributed by atoms with Crippen molar-refractivity contribution in [1.82, 2.24) is 19.7 Å². The minimum Gasteiger partial charge on any atom is -0.497 e. The Morgan fingerprint density at radius 2 is 1.65 bits per heavy atom. The number of urea groups is 1. The molecule has 4 aromatic rings. The van der Waals surface area contributed by atoms with Gasteiger partial charge >= 0.3 is 6.03 Å². The number of ether oxygens (including phenoxy) is 2. The summed E-state index contributed by atoms with van der Waals surface area (Å²) < 4.78 is 12.8. The molecule has 0 fully saturated rings. The normalized spacial score (nSPS) is 11.3. The van der Waals surface area contributed by atoms with E-state index in [9.17, 15) is 9.59 Å². The Labute approximate surface area is 260 Å². The number of nitrogens with one attached hydrogen (secondary N) is 3. The molecule has 3 N–H and O–H groups in total. The van der Waals surface area contributed by atoms with Gasteiger partial charge in [-0.3, -0.25) is 10.1 Å². The summed E-state index contributed by atoms with van der Waals surface area (Å²) in [6, 6.07) is 14.9. The van der Waals surface area contributed by atoms with Crippen molar-refractivity contribution in [3.8, 4) is 22.9 Å². The summed E-state index contributed by atoms with van der Waals surface area (Å²) in [7, 11) is 5.18. The highest BCUT2D eigenvalue weighted by atomic mass is 35.5. The van der Waals surface area contributed by atoms with Gasteiger partial charge < -0.3 is 25.0 Å². The van der Waals surface area contributed by atoms with Crippen LogP contribution in [-0.2, 0) is 10.2 Å². The molecule has 0 bridgehead atoms. The van der Waals surface area contributed by atoms with Gasteiger partial charge in [-0.15, -0.1) is 0 Å². The number of amides is 3. The van der Waals surface area contributed by atoms with Crippen molar-refractivity contribution >= 4 is 52.5 Å². The fourth-order valence-electron chi connectivity index (χ4n) is 3.87. The van der Waals surface area contributed by atoms with Gasteiger partial charge in [0.05, 0.1) is 35.7 Å². The van der Waals surface area contributed by atoms with Gasteiger partial charge in [-0.05, 0) is 56.6 Å². The molecule has 13 heteroatoms. The molecule has 2 aromatic carbocycles. The molecule has 2 heterocycles. The number of carbonyl (C=O) groups excluding carboxylic acids is 2. The number of anilines is 3. The molecule has 0 radical (unpaired) electrons. The number of methoxy groups -OCH3 is 1. The number of rotatable bonds is 9. The highest BCUT2D eigenvalue weighted by Gasteiger charge is 2.22. The second kappa shape index (κ2) is 13.3. The Morgan fingerprint density at radius 1 is 0.930 bits per heavy atom. The average Bonchev–Trinajstić information content (AvgIpc) is 3.37. The molecule has 0 saturated heterocycles. The molecule has 0 aliphatic rings. The van der Waals surface area contributed by atoms with Crippen LogP contribution in [0.25, 0.3) is 5.69 Å². The third-order valence-electron chi connectivity index (χ3n) is 6.02. The van der Waals surface area contributed by atoms with Crippen molar-refractivity contribution in [3.63, 3.8) is 0 Å². The molecule has 4 rings (SSSR count). The van der Waals surface area contributed by atoms with E-state index in [-0.39, 0.29) is 39.3 Å². The predicted molar refractivity (Wildman–Crippen MR) is 169 cm³/mol. The number of nitrogens with zero attached hydrogens (tertiary/aromatic N) is 4. The van der Waals surface area contributed by atoms with Gasteiger partial charge in [0.1, 0.15) is 33.9 Å². The smallest absolute Gasteiger partial charge is 0.324 e. The van der Waals surface area contributed by atoms with Gasteiger partial charge in [0.15, 0.2) is 0 Å². The first-order chi connectivity index (χ1) is 20.3. The average molecular weight is 627 g/mol.